The van der Waals surface area contributed by atoms with Gasteiger partial charge in [0.15, 0.2) is 0 Å². The van der Waals surface area contributed by atoms with Crippen LogP contribution in [0.25, 0.3) is 22.4 Å². The van der Waals surface area contributed by atoms with Gasteiger partial charge in [0.05, 0.1) is 11.0 Å². The number of pyridine rings is 1. The molecule has 0 unspecified atom stereocenters. The lowest BCUT2D eigenvalue weighted by atomic mass is 10.2. The Morgan fingerprint density at radius 1 is 1.20 bits per heavy atom. The van der Waals surface area contributed by atoms with Crippen molar-refractivity contribution < 1.29 is 4.39 Å². The third-order valence-corrected chi connectivity index (χ3v) is 3.21. The number of hydrogen-bond acceptors (Lipinski definition) is 3. The van der Waals surface area contributed by atoms with Crippen molar-refractivity contribution in [2.45, 2.75) is 19.9 Å². The third-order valence-electron chi connectivity index (χ3n) is 3.21. The van der Waals surface area contributed by atoms with Crippen LogP contribution in [0.15, 0.2) is 36.5 Å². The average Bonchev–Trinajstić information content (AvgIpc) is 2.77. The second-order valence-corrected chi connectivity index (χ2v) is 5.00. The van der Waals surface area contributed by atoms with Crippen LogP contribution in [0, 0.1) is 5.82 Å². The van der Waals surface area contributed by atoms with Gasteiger partial charge in [0.1, 0.15) is 17.5 Å². The van der Waals surface area contributed by atoms with Gasteiger partial charge in [-0.2, -0.15) is 0 Å². The van der Waals surface area contributed by atoms with Crippen LogP contribution in [0.3, 0.4) is 0 Å². The van der Waals surface area contributed by atoms with Gasteiger partial charge in [-0.25, -0.2) is 14.4 Å². The van der Waals surface area contributed by atoms with Gasteiger partial charge in [-0.15, -0.1) is 0 Å². The molecule has 0 radical (unpaired) electrons. The number of halogens is 1. The van der Waals surface area contributed by atoms with Crippen LogP contribution >= 0.6 is 0 Å². The van der Waals surface area contributed by atoms with Crippen molar-refractivity contribution >= 4 is 16.9 Å². The van der Waals surface area contributed by atoms with Gasteiger partial charge in [0, 0.05) is 17.8 Å². The number of imidazole rings is 1. The van der Waals surface area contributed by atoms with Crippen LogP contribution in [0.5, 0.6) is 0 Å². The SMILES string of the molecule is CC(C)n1c(-c2ccnc(N)c2)nc2ccc(F)cc21. The second kappa shape index (κ2) is 4.59. The van der Waals surface area contributed by atoms with E-state index in [1.54, 1.807) is 18.3 Å². The molecule has 2 aromatic heterocycles. The second-order valence-electron chi connectivity index (χ2n) is 5.00. The Hall–Kier alpha value is -2.43. The van der Waals surface area contributed by atoms with Gasteiger partial charge in [0.25, 0.3) is 0 Å². The van der Waals surface area contributed by atoms with Crippen molar-refractivity contribution in [3.05, 3.63) is 42.3 Å². The highest BCUT2D eigenvalue weighted by atomic mass is 19.1. The number of nitrogens with zero attached hydrogens (tertiary/aromatic N) is 3. The molecular weight excluding hydrogens is 255 g/mol. The van der Waals surface area contributed by atoms with Crippen molar-refractivity contribution in [1.82, 2.24) is 14.5 Å². The number of benzene rings is 1. The maximum atomic E-state index is 13.5. The molecule has 102 valence electrons. The molecule has 0 amide bonds. The van der Waals surface area contributed by atoms with Gasteiger partial charge in [0.2, 0.25) is 0 Å². The number of fused-ring (bicyclic) bond motifs is 1. The molecule has 20 heavy (non-hydrogen) atoms. The zero-order valence-electron chi connectivity index (χ0n) is 11.3. The minimum Gasteiger partial charge on any atom is -0.384 e. The van der Waals surface area contributed by atoms with E-state index in [-0.39, 0.29) is 11.9 Å². The third kappa shape index (κ3) is 2.01. The lowest BCUT2D eigenvalue weighted by Gasteiger charge is -2.13. The largest absolute Gasteiger partial charge is 0.384 e. The Morgan fingerprint density at radius 3 is 2.70 bits per heavy atom. The first-order valence-corrected chi connectivity index (χ1v) is 6.45. The number of anilines is 1. The fraction of sp³-hybridized carbons (Fsp3) is 0.200. The summed E-state index contributed by atoms with van der Waals surface area (Å²) in [7, 11) is 0. The Labute approximate surface area is 116 Å². The minimum atomic E-state index is -0.264. The molecule has 2 heterocycles. The van der Waals surface area contributed by atoms with E-state index in [2.05, 4.69) is 9.97 Å². The van der Waals surface area contributed by atoms with Crippen LogP contribution in [0.1, 0.15) is 19.9 Å². The van der Waals surface area contributed by atoms with Crippen LogP contribution in [0.2, 0.25) is 0 Å². The Balaban J connectivity index is 2.32. The number of nitrogens with two attached hydrogens (primary N) is 1. The maximum absolute atomic E-state index is 13.5. The van der Waals surface area contributed by atoms with E-state index in [1.807, 2.05) is 24.5 Å². The molecule has 0 aliphatic carbocycles. The highest BCUT2D eigenvalue weighted by Gasteiger charge is 2.15. The number of nitrogen functional groups attached to an aromatic ring is 1. The average molecular weight is 270 g/mol. The number of rotatable bonds is 2. The summed E-state index contributed by atoms with van der Waals surface area (Å²) < 4.78 is 15.5. The first-order chi connectivity index (χ1) is 9.56. The van der Waals surface area contributed by atoms with Crippen molar-refractivity contribution in [2.24, 2.45) is 0 Å². The monoisotopic (exact) mass is 270 g/mol. The molecule has 0 spiro atoms. The minimum absolute atomic E-state index is 0.159. The quantitative estimate of drug-likeness (QED) is 0.776. The van der Waals surface area contributed by atoms with Crippen LogP contribution in [0.4, 0.5) is 10.2 Å². The fourth-order valence-electron chi connectivity index (χ4n) is 2.38. The molecule has 3 rings (SSSR count). The van der Waals surface area contributed by atoms with E-state index in [1.165, 1.54) is 12.1 Å². The summed E-state index contributed by atoms with van der Waals surface area (Å²) in [5.41, 5.74) is 8.16. The first kappa shape index (κ1) is 12.6. The lowest BCUT2D eigenvalue weighted by molar-refractivity contribution is 0.613. The molecule has 5 heteroatoms. The summed E-state index contributed by atoms with van der Waals surface area (Å²) in [5.74, 6) is 0.950. The number of aromatic nitrogens is 3. The first-order valence-electron chi connectivity index (χ1n) is 6.45. The highest BCUT2D eigenvalue weighted by molar-refractivity contribution is 5.81. The zero-order valence-corrected chi connectivity index (χ0v) is 11.3. The van der Waals surface area contributed by atoms with Crippen molar-refractivity contribution in [2.75, 3.05) is 5.73 Å². The molecule has 0 saturated carbocycles. The molecule has 0 aliphatic rings. The van der Waals surface area contributed by atoms with Crippen molar-refractivity contribution in [3.63, 3.8) is 0 Å². The summed E-state index contributed by atoms with van der Waals surface area (Å²) in [6.45, 7) is 4.08. The van der Waals surface area contributed by atoms with E-state index < -0.39 is 0 Å². The number of hydrogen-bond donors (Lipinski definition) is 1. The Kier molecular flexibility index (Phi) is 2.89. The topological polar surface area (TPSA) is 56.7 Å². The van der Waals surface area contributed by atoms with E-state index in [0.717, 1.165) is 22.4 Å². The predicted octanol–water partition coefficient (Wildman–Crippen LogP) is 3.40. The summed E-state index contributed by atoms with van der Waals surface area (Å²) in [4.78, 5) is 8.59. The standard InChI is InChI=1S/C15H15FN4/c1-9(2)20-13-8-11(16)3-4-12(13)19-15(20)10-5-6-18-14(17)7-10/h3-9H,1-2H3,(H2,17,18). The summed E-state index contributed by atoms with van der Waals surface area (Å²) >= 11 is 0. The molecular formula is C15H15FN4. The molecule has 3 aromatic rings. The van der Waals surface area contributed by atoms with Crippen LogP contribution in [-0.4, -0.2) is 14.5 Å². The van der Waals surface area contributed by atoms with E-state index >= 15 is 0 Å². The smallest absolute Gasteiger partial charge is 0.141 e. The molecule has 0 saturated heterocycles. The maximum Gasteiger partial charge on any atom is 0.141 e. The Morgan fingerprint density at radius 2 is 2.00 bits per heavy atom. The molecule has 2 N–H and O–H groups in total. The Bertz CT molecular complexity index is 777. The molecule has 4 nitrogen and oxygen atoms in total. The summed E-state index contributed by atoms with van der Waals surface area (Å²) in [6, 6.07) is 8.41. The van der Waals surface area contributed by atoms with E-state index in [4.69, 9.17) is 5.73 Å². The summed E-state index contributed by atoms with van der Waals surface area (Å²) in [6.07, 6.45) is 1.65. The predicted molar refractivity (Wildman–Crippen MR) is 77.7 cm³/mol. The van der Waals surface area contributed by atoms with Gasteiger partial charge < -0.3 is 10.3 Å². The summed E-state index contributed by atoms with van der Waals surface area (Å²) in [5, 5.41) is 0. The van der Waals surface area contributed by atoms with Gasteiger partial charge in [-0.1, -0.05) is 0 Å². The molecule has 1 aromatic carbocycles. The van der Waals surface area contributed by atoms with E-state index in [0.29, 0.717) is 5.82 Å². The van der Waals surface area contributed by atoms with Crippen molar-refractivity contribution in [3.8, 4) is 11.4 Å². The zero-order chi connectivity index (χ0) is 14.3. The lowest BCUT2D eigenvalue weighted by Crippen LogP contribution is -2.03. The van der Waals surface area contributed by atoms with Gasteiger partial charge in [-0.05, 0) is 44.2 Å². The molecule has 0 atom stereocenters. The highest BCUT2D eigenvalue weighted by Crippen LogP contribution is 2.29. The molecule has 0 aliphatic heterocycles. The molecule has 0 fully saturated rings. The van der Waals surface area contributed by atoms with Gasteiger partial charge >= 0.3 is 0 Å². The van der Waals surface area contributed by atoms with E-state index in [9.17, 15) is 4.39 Å². The fourth-order valence-corrected chi connectivity index (χ4v) is 2.38. The van der Waals surface area contributed by atoms with Gasteiger partial charge in [-0.3, -0.25) is 0 Å². The normalized spacial score (nSPS) is 11.4. The van der Waals surface area contributed by atoms with Crippen molar-refractivity contribution in [1.29, 1.82) is 0 Å². The molecule has 0 bridgehead atoms. The van der Waals surface area contributed by atoms with Crippen LogP contribution in [-0.2, 0) is 0 Å². The van der Waals surface area contributed by atoms with Crippen LogP contribution < -0.4 is 5.73 Å².